The highest BCUT2D eigenvalue weighted by atomic mass is 35.5. The molecule has 2 aromatic carbocycles. The molecule has 0 spiro atoms. The number of anilines is 2. The van der Waals surface area contributed by atoms with E-state index in [9.17, 15) is 9.59 Å². The normalized spacial score (nSPS) is 18.3. The summed E-state index contributed by atoms with van der Waals surface area (Å²) in [7, 11) is 0. The zero-order chi connectivity index (χ0) is 17.4. The van der Waals surface area contributed by atoms with Gasteiger partial charge in [-0.2, -0.15) is 0 Å². The molecule has 1 saturated carbocycles. The second kappa shape index (κ2) is 6.19. The molecule has 0 aromatic heterocycles. The molecule has 2 aliphatic rings. The standard InChI is InChI=1S/C20H19ClN2O2/c21-15-5-3-14(4-6-15)20(11-12-20)19(25)22-16-7-9-17(10-8-16)23-13-1-2-18(23)24/h3-10H,1-2,11-13H2,(H,22,25). The minimum Gasteiger partial charge on any atom is -0.325 e. The van der Waals surface area contributed by atoms with E-state index in [1.54, 1.807) is 4.90 Å². The van der Waals surface area contributed by atoms with Crippen molar-refractivity contribution in [2.45, 2.75) is 31.1 Å². The Balaban J connectivity index is 1.47. The molecule has 2 fully saturated rings. The van der Waals surface area contributed by atoms with Crippen molar-refractivity contribution >= 4 is 34.8 Å². The maximum atomic E-state index is 12.8. The van der Waals surface area contributed by atoms with E-state index in [1.807, 2.05) is 48.5 Å². The first-order chi connectivity index (χ1) is 12.1. The van der Waals surface area contributed by atoms with Crippen molar-refractivity contribution in [2.75, 3.05) is 16.8 Å². The third-order valence-electron chi connectivity index (χ3n) is 5.09. The minimum atomic E-state index is -0.436. The van der Waals surface area contributed by atoms with E-state index in [4.69, 9.17) is 11.6 Å². The highest BCUT2D eigenvalue weighted by Crippen LogP contribution is 2.49. The van der Waals surface area contributed by atoms with Crippen LogP contribution >= 0.6 is 11.6 Å². The van der Waals surface area contributed by atoms with Crippen molar-refractivity contribution in [3.8, 4) is 0 Å². The highest BCUT2D eigenvalue weighted by Gasteiger charge is 2.51. The Hall–Kier alpha value is -2.33. The Bertz CT molecular complexity index is 811. The molecule has 5 heteroatoms. The summed E-state index contributed by atoms with van der Waals surface area (Å²) in [6, 6.07) is 15.0. The van der Waals surface area contributed by atoms with Gasteiger partial charge < -0.3 is 10.2 Å². The first-order valence-electron chi connectivity index (χ1n) is 8.56. The Morgan fingerprint density at radius 3 is 2.28 bits per heavy atom. The zero-order valence-electron chi connectivity index (χ0n) is 13.8. The number of carbonyl (C=O) groups excluding carboxylic acids is 2. The lowest BCUT2D eigenvalue weighted by molar-refractivity contribution is -0.118. The number of nitrogens with one attached hydrogen (secondary N) is 1. The summed E-state index contributed by atoms with van der Waals surface area (Å²) < 4.78 is 0. The van der Waals surface area contributed by atoms with Gasteiger partial charge in [-0.15, -0.1) is 0 Å². The van der Waals surface area contributed by atoms with Gasteiger partial charge in [-0.05, 0) is 61.2 Å². The van der Waals surface area contributed by atoms with Crippen molar-refractivity contribution in [1.82, 2.24) is 0 Å². The number of carbonyl (C=O) groups is 2. The number of hydrogen-bond donors (Lipinski definition) is 1. The molecule has 0 atom stereocenters. The van der Waals surface area contributed by atoms with Crippen molar-refractivity contribution in [3.63, 3.8) is 0 Å². The van der Waals surface area contributed by atoms with Gasteiger partial charge in [0.15, 0.2) is 0 Å². The Morgan fingerprint density at radius 2 is 1.72 bits per heavy atom. The largest absolute Gasteiger partial charge is 0.325 e. The van der Waals surface area contributed by atoms with Crippen LogP contribution < -0.4 is 10.2 Å². The van der Waals surface area contributed by atoms with Crippen LogP contribution in [0.1, 0.15) is 31.2 Å². The predicted molar refractivity (Wildman–Crippen MR) is 99.0 cm³/mol. The summed E-state index contributed by atoms with van der Waals surface area (Å²) in [5, 5.41) is 3.68. The van der Waals surface area contributed by atoms with Gasteiger partial charge in [0.1, 0.15) is 0 Å². The van der Waals surface area contributed by atoms with Crippen LogP contribution in [0.4, 0.5) is 11.4 Å². The molecule has 0 unspecified atom stereocenters. The molecule has 1 aliphatic carbocycles. The summed E-state index contributed by atoms with van der Waals surface area (Å²) in [6.07, 6.45) is 3.21. The van der Waals surface area contributed by atoms with Gasteiger partial charge in [0.2, 0.25) is 11.8 Å². The molecule has 1 aliphatic heterocycles. The molecule has 1 saturated heterocycles. The lowest BCUT2D eigenvalue weighted by atomic mass is 9.95. The van der Waals surface area contributed by atoms with Crippen LogP contribution in [0.2, 0.25) is 5.02 Å². The quantitative estimate of drug-likeness (QED) is 0.897. The third-order valence-corrected chi connectivity index (χ3v) is 5.34. The number of benzene rings is 2. The molecule has 1 heterocycles. The monoisotopic (exact) mass is 354 g/mol. The summed E-state index contributed by atoms with van der Waals surface area (Å²) in [5.41, 5.74) is 2.21. The second-order valence-electron chi connectivity index (χ2n) is 6.74. The van der Waals surface area contributed by atoms with Crippen molar-refractivity contribution in [3.05, 3.63) is 59.1 Å². The maximum absolute atomic E-state index is 12.8. The molecule has 0 radical (unpaired) electrons. The van der Waals surface area contributed by atoms with E-state index >= 15 is 0 Å². The molecule has 2 amide bonds. The summed E-state index contributed by atoms with van der Waals surface area (Å²) >= 11 is 5.94. The van der Waals surface area contributed by atoms with Gasteiger partial charge in [-0.1, -0.05) is 23.7 Å². The molecular formula is C20H19ClN2O2. The number of halogens is 1. The summed E-state index contributed by atoms with van der Waals surface area (Å²) in [5.74, 6) is 0.177. The summed E-state index contributed by atoms with van der Waals surface area (Å²) in [4.78, 5) is 26.4. The van der Waals surface area contributed by atoms with Crippen LogP contribution in [0.3, 0.4) is 0 Å². The Kier molecular flexibility index (Phi) is 4.00. The number of rotatable bonds is 4. The lowest BCUT2D eigenvalue weighted by Crippen LogP contribution is -2.28. The van der Waals surface area contributed by atoms with Crippen LogP contribution in [-0.4, -0.2) is 18.4 Å². The molecule has 128 valence electrons. The van der Waals surface area contributed by atoms with Gasteiger partial charge in [-0.25, -0.2) is 0 Å². The number of hydrogen-bond acceptors (Lipinski definition) is 2. The van der Waals surface area contributed by atoms with E-state index in [2.05, 4.69) is 5.32 Å². The lowest BCUT2D eigenvalue weighted by Gasteiger charge is -2.18. The molecule has 4 rings (SSSR count). The average Bonchev–Trinajstić information content (AvgIpc) is 3.32. The smallest absolute Gasteiger partial charge is 0.235 e. The first-order valence-corrected chi connectivity index (χ1v) is 8.94. The SMILES string of the molecule is O=C1CCCN1c1ccc(NC(=O)C2(c3ccc(Cl)cc3)CC2)cc1. The maximum Gasteiger partial charge on any atom is 0.235 e. The van der Waals surface area contributed by atoms with Crippen molar-refractivity contribution in [1.29, 1.82) is 0 Å². The van der Waals surface area contributed by atoms with E-state index < -0.39 is 5.41 Å². The van der Waals surface area contributed by atoms with Gasteiger partial charge in [0.05, 0.1) is 5.41 Å². The van der Waals surface area contributed by atoms with E-state index in [0.717, 1.165) is 42.7 Å². The van der Waals surface area contributed by atoms with Gasteiger partial charge >= 0.3 is 0 Å². The fraction of sp³-hybridized carbons (Fsp3) is 0.300. The predicted octanol–water partition coefficient (Wildman–Crippen LogP) is 4.14. The minimum absolute atomic E-state index is 0.0137. The third kappa shape index (κ3) is 3.02. The fourth-order valence-electron chi connectivity index (χ4n) is 3.44. The molecule has 25 heavy (non-hydrogen) atoms. The van der Waals surface area contributed by atoms with Crippen molar-refractivity contribution < 1.29 is 9.59 Å². The highest BCUT2D eigenvalue weighted by molar-refractivity contribution is 6.30. The molecule has 2 aromatic rings. The van der Waals surface area contributed by atoms with Gasteiger partial charge in [0, 0.05) is 29.4 Å². The van der Waals surface area contributed by atoms with Crippen LogP contribution in [0.5, 0.6) is 0 Å². The molecule has 4 nitrogen and oxygen atoms in total. The number of nitrogens with zero attached hydrogens (tertiary/aromatic N) is 1. The Labute approximate surface area is 151 Å². The molecule has 0 bridgehead atoms. The van der Waals surface area contributed by atoms with E-state index in [-0.39, 0.29) is 11.8 Å². The van der Waals surface area contributed by atoms with Crippen LogP contribution in [0, 0.1) is 0 Å². The molecular weight excluding hydrogens is 336 g/mol. The first kappa shape index (κ1) is 16.2. The number of amides is 2. The summed E-state index contributed by atoms with van der Waals surface area (Å²) in [6.45, 7) is 0.768. The van der Waals surface area contributed by atoms with E-state index in [0.29, 0.717) is 11.4 Å². The van der Waals surface area contributed by atoms with Crippen LogP contribution in [0.15, 0.2) is 48.5 Å². The van der Waals surface area contributed by atoms with Gasteiger partial charge in [0.25, 0.3) is 0 Å². The molecule has 1 N–H and O–H groups in total. The van der Waals surface area contributed by atoms with Crippen LogP contribution in [-0.2, 0) is 15.0 Å². The van der Waals surface area contributed by atoms with Crippen LogP contribution in [0.25, 0.3) is 0 Å². The zero-order valence-corrected chi connectivity index (χ0v) is 14.6. The fourth-order valence-corrected chi connectivity index (χ4v) is 3.56. The van der Waals surface area contributed by atoms with E-state index in [1.165, 1.54) is 0 Å². The Morgan fingerprint density at radius 1 is 1.04 bits per heavy atom. The topological polar surface area (TPSA) is 49.4 Å². The van der Waals surface area contributed by atoms with Gasteiger partial charge in [-0.3, -0.25) is 9.59 Å². The average molecular weight is 355 g/mol. The second-order valence-corrected chi connectivity index (χ2v) is 7.18. The van der Waals surface area contributed by atoms with Crippen molar-refractivity contribution in [2.24, 2.45) is 0 Å².